The SMILES string of the molecule is CCCCNC(=O)C(Cc1ccccc1)N(Cc1ccc(Cl)cc1Cl)C(=O)COc1ccc(Br)cc1Cl. The van der Waals surface area contributed by atoms with E-state index >= 15 is 0 Å². The van der Waals surface area contributed by atoms with Crippen LogP contribution in [0.3, 0.4) is 0 Å². The van der Waals surface area contributed by atoms with Crippen LogP contribution in [0.25, 0.3) is 0 Å². The van der Waals surface area contributed by atoms with Crippen molar-refractivity contribution in [3.05, 3.63) is 97.4 Å². The van der Waals surface area contributed by atoms with Gasteiger partial charge in [-0.3, -0.25) is 9.59 Å². The van der Waals surface area contributed by atoms with Crippen LogP contribution in [-0.2, 0) is 22.6 Å². The summed E-state index contributed by atoms with van der Waals surface area (Å²) >= 11 is 22.2. The lowest BCUT2D eigenvalue weighted by atomic mass is 10.0. The van der Waals surface area contributed by atoms with Crippen molar-refractivity contribution >= 4 is 62.5 Å². The van der Waals surface area contributed by atoms with Crippen molar-refractivity contribution in [2.24, 2.45) is 0 Å². The summed E-state index contributed by atoms with van der Waals surface area (Å²) in [6.07, 6.45) is 2.11. The van der Waals surface area contributed by atoms with Gasteiger partial charge in [-0.25, -0.2) is 0 Å². The monoisotopic (exact) mass is 624 g/mol. The number of nitrogens with one attached hydrogen (secondary N) is 1. The third kappa shape index (κ3) is 8.92. The van der Waals surface area contributed by atoms with Crippen molar-refractivity contribution < 1.29 is 14.3 Å². The topological polar surface area (TPSA) is 58.6 Å². The van der Waals surface area contributed by atoms with Crippen LogP contribution in [0.5, 0.6) is 5.75 Å². The average molecular weight is 627 g/mol. The molecule has 1 unspecified atom stereocenters. The van der Waals surface area contributed by atoms with Crippen molar-refractivity contribution in [2.45, 2.75) is 38.8 Å². The molecule has 196 valence electrons. The predicted molar refractivity (Wildman–Crippen MR) is 154 cm³/mol. The van der Waals surface area contributed by atoms with E-state index in [-0.39, 0.29) is 25.0 Å². The number of halogens is 4. The fourth-order valence-electron chi connectivity index (χ4n) is 3.71. The zero-order chi connectivity index (χ0) is 26.8. The van der Waals surface area contributed by atoms with Gasteiger partial charge >= 0.3 is 0 Å². The number of rotatable bonds is 12. The van der Waals surface area contributed by atoms with Crippen LogP contribution in [0.4, 0.5) is 0 Å². The summed E-state index contributed by atoms with van der Waals surface area (Å²) in [7, 11) is 0. The lowest BCUT2D eigenvalue weighted by molar-refractivity contribution is -0.142. The van der Waals surface area contributed by atoms with Crippen LogP contribution in [0.1, 0.15) is 30.9 Å². The van der Waals surface area contributed by atoms with Crippen molar-refractivity contribution in [1.29, 1.82) is 0 Å². The van der Waals surface area contributed by atoms with Crippen molar-refractivity contribution in [3.63, 3.8) is 0 Å². The van der Waals surface area contributed by atoms with Crippen molar-refractivity contribution in [1.82, 2.24) is 10.2 Å². The van der Waals surface area contributed by atoms with Crippen LogP contribution < -0.4 is 10.1 Å². The first-order valence-corrected chi connectivity index (χ1v) is 13.8. The molecular weight excluding hydrogens is 599 g/mol. The number of unbranched alkanes of at least 4 members (excludes halogenated alkanes) is 1. The second kappa shape index (κ2) is 14.6. The number of nitrogens with zero attached hydrogens (tertiary/aromatic N) is 1. The van der Waals surface area contributed by atoms with Crippen molar-refractivity contribution in [3.8, 4) is 5.75 Å². The third-order valence-electron chi connectivity index (χ3n) is 5.70. The van der Waals surface area contributed by atoms with Gasteiger partial charge in [-0.05, 0) is 47.9 Å². The van der Waals surface area contributed by atoms with Crippen LogP contribution in [0.15, 0.2) is 71.2 Å². The molecule has 2 amide bonds. The minimum absolute atomic E-state index is 0.102. The summed E-state index contributed by atoms with van der Waals surface area (Å²) in [5, 5.41) is 4.25. The normalized spacial score (nSPS) is 11.6. The van der Waals surface area contributed by atoms with E-state index in [0.29, 0.717) is 39.3 Å². The molecule has 3 aromatic carbocycles. The number of carbonyl (C=O) groups excluding carboxylic acids is 2. The van der Waals surface area contributed by atoms with Crippen LogP contribution >= 0.6 is 50.7 Å². The molecule has 0 aliphatic carbocycles. The molecule has 0 radical (unpaired) electrons. The fourth-order valence-corrected chi connectivity index (χ4v) is 4.90. The first-order valence-electron chi connectivity index (χ1n) is 11.9. The maximum absolute atomic E-state index is 13.6. The van der Waals surface area contributed by atoms with Gasteiger partial charge in [0.05, 0.1) is 5.02 Å². The molecule has 0 saturated heterocycles. The number of benzene rings is 3. The minimum Gasteiger partial charge on any atom is -0.482 e. The zero-order valence-electron chi connectivity index (χ0n) is 20.4. The van der Waals surface area contributed by atoms with E-state index in [1.165, 1.54) is 4.90 Å². The molecular formula is C28H28BrCl3N2O3. The average Bonchev–Trinajstić information content (AvgIpc) is 2.87. The summed E-state index contributed by atoms with van der Waals surface area (Å²) in [5.41, 5.74) is 1.59. The Bertz CT molecular complexity index is 1210. The highest BCUT2D eigenvalue weighted by molar-refractivity contribution is 9.10. The lowest BCUT2D eigenvalue weighted by Crippen LogP contribution is -2.51. The number of ether oxygens (including phenoxy) is 1. The Morgan fingerprint density at radius 3 is 2.43 bits per heavy atom. The fraction of sp³-hybridized carbons (Fsp3) is 0.286. The van der Waals surface area contributed by atoms with Crippen LogP contribution in [-0.4, -0.2) is 35.9 Å². The molecule has 0 heterocycles. The maximum atomic E-state index is 13.6. The first-order chi connectivity index (χ1) is 17.8. The predicted octanol–water partition coefficient (Wildman–Crippen LogP) is 7.34. The third-order valence-corrected chi connectivity index (χ3v) is 7.08. The van der Waals surface area contributed by atoms with Gasteiger partial charge in [0.15, 0.2) is 6.61 Å². The van der Waals surface area contributed by atoms with E-state index in [1.54, 1.807) is 36.4 Å². The molecule has 0 aliphatic heterocycles. The van der Waals surface area contributed by atoms with E-state index in [2.05, 4.69) is 28.2 Å². The quantitative estimate of drug-likeness (QED) is 0.214. The Morgan fingerprint density at radius 1 is 1.00 bits per heavy atom. The highest BCUT2D eigenvalue weighted by Crippen LogP contribution is 2.28. The number of hydrogen-bond donors (Lipinski definition) is 1. The molecule has 37 heavy (non-hydrogen) atoms. The molecule has 0 aromatic heterocycles. The second-order valence-electron chi connectivity index (χ2n) is 8.47. The van der Waals surface area contributed by atoms with Gasteiger partial charge in [-0.2, -0.15) is 0 Å². The summed E-state index contributed by atoms with van der Waals surface area (Å²) in [6.45, 7) is 2.37. The lowest BCUT2D eigenvalue weighted by Gasteiger charge is -2.32. The zero-order valence-corrected chi connectivity index (χ0v) is 24.2. The highest BCUT2D eigenvalue weighted by atomic mass is 79.9. The molecule has 0 fully saturated rings. The first kappa shape index (κ1) is 29.3. The molecule has 0 spiro atoms. The second-order valence-corrected chi connectivity index (χ2v) is 10.6. The number of carbonyl (C=O) groups is 2. The van der Waals surface area contributed by atoms with E-state index in [9.17, 15) is 9.59 Å². The molecule has 0 saturated carbocycles. The van der Waals surface area contributed by atoms with E-state index in [0.717, 1.165) is 22.9 Å². The number of amides is 2. The van der Waals surface area contributed by atoms with E-state index in [4.69, 9.17) is 39.5 Å². The smallest absolute Gasteiger partial charge is 0.261 e. The minimum atomic E-state index is -0.789. The Labute approximate surface area is 241 Å². The summed E-state index contributed by atoms with van der Waals surface area (Å²) in [5.74, 6) is -0.247. The largest absolute Gasteiger partial charge is 0.482 e. The summed E-state index contributed by atoms with van der Waals surface area (Å²) in [4.78, 5) is 28.6. The number of hydrogen-bond acceptors (Lipinski definition) is 3. The molecule has 1 atom stereocenters. The Balaban J connectivity index is 1.92. The van der Waals surface area contributed by atoms with E-state index in [1.807, 2.05) is 30.3 Å². The molecule has 0 bridgehead atoms. The highest BCUT2D eigenvalue weighted by Gasteiger charge is 2.31. The maximum Gasteiger partial charge on any atom is 0.261 e. The Kier molecular flexibility index (Phi) is 11.6. The Hall–Kier alpha value is -2.25. The van der Waals surface area contributed by atoms with E-state index < -0.39 is 6.04 Å². The van der Waals surface area contributed by atoms with Gasteiger partial charge in [-0.1, -0.05) is 100 Å². The summed E-state index contributed by atoms with van der Waals surface area (Å²) in [6, 6.07) is 19.0. The van der Waals surface area contributed by atoms with Gasteiger partial charge in [0, 0.05) is 34.0 Å². The van der Waals surface area contributed by atoms with Gasteiger partial charge in [-0.15, -0.1) is 0 Å². The van der Waals surface area contributed by atoms with Crippen LogP contribution in [0.2, 0.25) is 15.1 Å². The molecule has 3 aromatic rings. The Morgan fingerprint density at radius 2 is 1.76 bits per heavy atom. The van der Waals surface area contributed by atoms with Gasteiger partial charge < -0.3 is 15.0 Å². The standard InChI is InChI=1S/C28H28BrCl3N2O3/c1-2-3-13-33-28(36)25(14-19-7-5-4-6-8-19)34(17-20-9-11-22(30)16-23(20)31)27(35)18-37-26-12-10-21(29)15-24(26)32/h4-12,15-16,25H,2-3,13-14,17-18H2,1H3,(H,33,36). The van der Waals surface area contributed by atoms with Gasteiger partial charge in [0.1, 0.15) is 11.8 Å². The summed E-state index contributed by atoms with van der Waals surface area (Å²) < 4.78 is 6.56. The molecule has 0 aliphatic rings. The van der Waals surface area contributed by atoms with Crippen molar-refractivity contribution in [2.75, 3.05) is 13.2 Å². The van der Waals surface area contributed by atoms with Gasteiger partial charge in [0.2, 0.25) is 5.91 Å². The molecule has 5 nitrogen and oxygen atoms in total. The molecule has 9 heteroatoms. The van der Waals surface area contributed by atoms with Gasteiger partial charge in [0.25, 0.3) is 5.91 Å². The molecule has 1 N–H and O–H groups in total. The van der Waals surface area contributed by atoms with Crippen LogP contribution in [0, 0.1) is 0 Å². The molecule has 3 rings (SSSR count).